The molecule has 2 nitrogen and oxygen atoms in total. The SMILES string of the molecule is C1=CC2c3ccc4c5ccccc5n(-c5cccc(-c6ccc7sc8ccccc8c7c6)c5)c4c3N(c3ccccc3)C2C=C1. The molecule has 3 heteroatoms. The van der Waals surface area contributed by atoms with Gasteiger partial charge in [-0.05, 0) is 65.2 Å². The monoisotopic (exact) mass is 592 g/mol. The topological polar surface area (TPSA) is 8.17 Å². The van der Waals surface area contributed by atoms with E-state index in [0.717, 1.165) is 0 Å². The second-order valence-electron chi connectivity index (χ2n) is 12.1. The van der Waals surface area contributed by atoms with Crippen molar-refractivity contribution < 1.29 is 0 Å². The van der Waals surface area contributed by atoms with E-state index in [9.17, 15) is 0 Å². The minimum absolute atomic E-state index is 0.239. The molecule has 0 bridgehead atoms. The Morgan fingerprint density at radius 3 is 2.20 bits per heavy atom. The number of hydrogen-bond donors (Lipinski definition) is 0. The first-order valence-corrected chi connectivity index (χ1v) is 16.4. The van der Waals surface area contributed by atoms with Crippen molar-refractivity contribution in [1.82, 2.24) is 4.57 Å². The molecule has 8 aromatic rings. The van der Waals surface area contributed by atoms with Crippen LogP contribution in [0.3, 0.4) is 0 Å². The number of aromatic nitrogens is 1. The van der Waals surface area contributed by atoms with Crippen LogP contribution in [0.25, 0.3) is 58.8 Å². The maximum Gasteiger partial charge on any atom is 0.0782 e. The molecule has 0 amide bonds. The van der Waals surface area contributed by atoms with Crippen LogP contribution in [-0.4, -0.2) is 10.6 Å². The largest absolute Gasteiger partial charge is 0.332 e. The van der Waals surface area contributed by atoms with Gasteiger partial charge in [0.05, 0.1) is 22.8 Å². The van der Waals surface area contributed by atoms with E-state index in [2.05, 4.69) is 167 Å². The Labute approximate surface area is 265 Å². The van der Waals surface area contributed by atoms with Gasteiger partial charge in [-0.3, -0.25) is 0 Å². The molecule has 0 saturated heterocycles. The van der Waals surface area contributed by atoms with Crippen molar-refractivity contribution in [3.8, 4) is 16.8 Å². The molecule has 2 aliphatic rings. The van der Waals surface area contributed by atoms with E-state index in [1.165, 1.54) is 75.7 Å². The van der Waals surface area contributed by atoms with Gasteiger partial charge in [0.2, 0.25) is 0 Å². The Kier molecular flexibility index (Phi) is 5.31. The lowest BCUT2D eigenvalue weighted by Crippen LogP contribution is -2.28. The molecule has 3 heterocycles. The highest BCUT2D eigenvalue weighted by Gasteiger charge is 2.39. The molecule has 0 fully saturated rings. The predicted octanol–water partition coefficient (Wildman–Crippen LogP) is 11.5. The normalized spacial score (nSPS) is 17.1. The molecule has 0 saturated carbocycles. The summed E-state index contributed by atoms with van der Waals surface area (Å²) in [6.07, 6.45) is 9.14. The summed E-state index contributed by atoms with van der Waals surface area (Å²) >= 11 is 1.87. The van der Waals surface area contributed by atoms with Crippen LogP contribution in [0.15, 0.2) is 158 Å². The van der Waals surface area contributed by atoms with E-state index in [-0.39, 0.29) is 6.04 Å². The summed E-state index contributed by atoms with van der Waals surface area (Å²) < 4.78 is 5.18. The van der Waals surface area contributed by atoms with Gasteiger partial charge in [0.25, 0.3) is 0 Å². The maximum absolute atomic E-state index is 2.57. The fraction of sp³-hybridized carbons (Fsp3) is 0.0476. The summed E-state index contributed by atoms with van der Waals surface area (Å²) in [6, 6.07) is 49.5. The quantitative estimate of drug-likeness (QED) is 0.198. The molecule has 2 aromatic heterocycles. The lowest BCUT2D eigenvalue weighted by atomic mass is 9.91. The van der Waals surface area contributed by atoms with Gasteiger partial charge in [0, 0.05) is 48.2 Å². The average molecular weight is 593 g/mol. The zero-order valence-electron chi connectivity index (χ0n) is 24.5. The van der Waals surface area contributed by atoms with Crippen LogP contribution >= 0.6 is 11.3 Å². The van der Waals surface area contributed by atoms with Crippen LogP contribution in [-0.2, 0) is 0 Å². The van der Waals surface area contributed by atoms with Gasteiger partial charge >= 0.3 is 0 Å². The Morgan fingerprint density at radius 1 is 0.511 bits per heavy atom. The lowest BCUT2D eigenvalue weighted by molar-refractivity contribution is 0.745. The highest BCUT2D eigenvalue weighted by Crippen LogP contribution is 2.52. The number of allylic oxidation sites excluding steroid dienone is 2. The van der Waals surface area contributed by atoms with Crippen LogP contribution in [0, 0.1) is 0 Å². The van der Waals surface area contributed by atoms with Crippen molar-refractivity contribution in [3.63, 3.8) is 0 Å². The number of anilines is 2. The van der Waals surface area contributed by atoms with Crippen molar-refractivity contribution in [2.75, 3.05) is 4.90 Å². The van der Waals surface area contributed by atoms with Gasteiger partial charge < -0.3 is 9.47 Å². The maximum atomic E-state index is 2.57. The van der Waals surface area contributed by atoms with Crippen LogP contribution in [0.4, 0.5) is 11.4 Å². The van der Waals surface area contributed by atoms with E-state index < -0.39 is 0 Å². The number of rotatable bonds is 3. The molecule has 0 radical (unpaired) electrons. The molecular formula is C42H28N2S. The fourth-order valence-corrected chi connectivity index (χ4v) is 8.83. The number of nitrogens with zero attached hydrogens (tertiary/aromatic N) is 2. The summed E-state index contributed by atoms with van der Waals surface area (Å²) in [5.41, 5.74) is 10.0. The van der Waals surface area contributed by atoms with Gasteiger partial charge in [-0.15, -0.1) is 11.3 Å². The molecule has 0 spiro atoms. The highest BCUT2D eigenvalue weighted by molar-refractivity contribution is 7.25. The summed E-state index contributed by atoms with van der Waals surface area (Å²) in [7, 11) is 0. The fourth-order valence-electron chi connectivity index (χ4n) is 7.74. The molecule has 0 N–H and O–H groups in total. The Bertz CT molecular complexity index is 2510. The zero-order chi connectivity index (χ0) is 29.5. The predicted molar refractivity (Wildman–Crippen MR) is 192 cm³/mol. The number of thiophene rings is 1. The van der Waals surface area contributed by atoms with E-state index in [0.29, 0.717) is 5.92 Å². The van der Waals surface area contributed by atoms with Gasteiger partial charge in [0.1, 0.15) is 0 Å². The average Bonchev–Trinajstić information content (AvgIpc) is 3.76. The first kappa shape index (κ1) is 25.0. The Hall–Kier alpha value is -5.38. The first-order valence-electron chi connectivity index (χ1n) is 15.6. The highest BCUT2D eigenvalue weighted by atomic mass is 32.1. The van der Waals surface area contributed by atoms with Crippen molar-refractivity contribution in [3.05, 3.63) is 163 Å². The third kappa shape index (κ3) is 3.62. The lowest BCUT2D eigenvalue weighted by Gasteiger charge is -2.29. The summed E-state index contributed by atoms with van der Waals surface area (Å²) in [6.45, 7) is 0. The third-order valence-corrected chi connectivity index (χ3v) is 10.8. The minimum Gasteiger partial charge on any atom is -0.332 e. The van der Waals surface area contributed by atoms with Crippen molar-refractivity contribution in [1.29, 1.82) is 0 Å². The molecule has 6 aromatic carbocycles. The smallest absolute Gasteiger partial charge is 0.0782 e. The van der Waals surface area contributed by atoms with Crippen LogP contribution in [0.5, 0.6) is 0 Å². The molecule has 1 aliphatic carbocycles. The van der Waals surface area contributed by atoms with Crippen LogP contribution in [0.2, 0.25) is 0 Å². The van der Waals surface area contributed by atoms with E-state index >= 15 is 0 Å². The van der Waals surface area contributed by atoms with Crippen molar-refractivity contribution >= 4 is 64.7 Å². The molecule has 10 rings (SSSR count). The summed E-state index contributed by atoms with van der Waals surface area (Å²) in [5.74, 6) is 0.305. The molecule has 2 atom stereocenters. The molecule has 2 unspecified atom stereocenters. The number of benzene rings is 6. The van der Waals surface area contributed by atoms with Gasteiger partial charge in [-0.25, -0.2) is 0 Å². The zero-order valence-corrected chi connectivity index (χ0v) is 25.3. The van der Waals surface area contributed by atoms with Gasteiger partial charge in [0.15, 0.2) is 0 Å². The van der Waals surface area contributed by atoms with E-state index in [1.807, 2.05) is 11.3 Å². The summed E-state index contributed by atoms with van der Waals surface area (Å²) in [5, 5.41) is 5.23. The molecule has 212 valence electrons. The Morgan fingerprint density at radius 2 is 1.27 bits per heavy atom. The molecule has 45 heavy (non-hydrogen) atoms. The van der Waals surface area contributed by atoms with Gasteiger partial charge in [-0.1, -0.05) is 109 Å². The second-order valence-corrected chi connectivity index (χ2v) is 13.2. The number of fused-ring (bicyclic) bond motifs is 10. The van der Waals surface area contributed by atoms with Gasteiger partial charge in [-0.2, -0.15) is 0 Å². The standard InChI is InChI=1S/C42H28N2S/c1-2-12-29(13-3-1)43-37-18-7-4-15-31(37)34-22-23-35-32-16-5-8-19-38(32)44(42(35)41(34)43)30-14-10-11-27(25-30)28-21-24-40-36(26-28)33-17-6-9-20-39(33)45-40/h1-26,31,37H. The third-order valence-electron chi connectivity index (χ3n) is 9.69. The van der Waals surface area contributed by atoms with Crippen LogP contribution < -0.4 is 4.90 Å². The van der Waals surface area contributed by atoms with E-state index in [4.69, 9.17) is 0 Å². The minimum atomic E-state index is 0.239. The number of para-hydroxylation sites is 2. The number of hydrogen-bond acceptors (Lipinski definition) is 2. The molecule has 1 aliphatic heterocycles. The van der Waals surface area contributed by atoms with Crippen molar-refractivity contribution in [2.24, 2.45) is 0 Å². The first-order chi connectivity index (χ1) is 22.3. The van der Waals surface area contributed by atoms with E-state index in [1.54, 1.807) is 0 Å². The Balaban J connectivity index is 1.24. The second kappa shape index (κ2) is 9.56. The van der Waals surface area contributed by atoms with Crippen LogP contribution in [0.1, 0.15) is 11.5 Å². The van der Waals surface area contributed by atoms with Crippen molar-refractivity contribution in [2.45, 2.75) is 12.0 Å². The summed E-state index contributed by atoms with van der Waals surface area (Å²) in [4.78, 5) is 2.57. The molecular weight excluding hydrogens is 565 g/mol.